The highest BCUT2D eigenvalue weighted by molar-refractivity contribution is 6.02. The van der Waals surface area contributed by atoms with Crippen LogP contribution in [0.4, 0.5) is 0 Å². The number of fused-ring (bicyclic) bond motifs is 1. The minimum absolute atomic E-state index is 0.0149. The van der Waals surface area contributed by atoms with Crippen molar-refractivity contribution in [3.8, 4) is 23.0 Å². The lowest BCUT2D eigenvalue weighted by Crippen LogP contribution is -2.64. The molecule has 2 aromatic carbocycles. The Bertz CT molecular complexity index is 1240. The van der Waals surface area contributed by atoms with Crippen LogP contribution in [0.15, 0.2) is 36.4 Å². The van der Waals surface area contributed by atoms with Crippen molar-refractivity contribution < 1.29 is 69.3 Å². The van der Waals surface area contributed by atoms with Gasteiger partial charge in [-0.25, -0.2) is 0 Å². The number of phenolic OH excluding ortho intramolecular Hbond substituents is 2. The number of rotatable bonds is 6. The van der Waals surface area contributed by atoms with E-state index in [4.69, 9.17) is 23.7 Å². The summed E-state index contributed by atoms with van der Waals surface area (Å²) in [6, 6.07) is 8.50. The van der Waals surface area contributed by atoms with Gasteiger partial charge in [-0.3, -0.25) is 4.79 Å². The number of hydrogen-bond acceptors (Lipinski definition) is 14. The molecule has 11 atom stereocenters. The van der Waals surface area contributed by atoms with Gasteiger partial charge in [-0.1, -0.05) is 12.1 Å². The number of aliphatic hydroxyl groups excluding tert-OH is 6. The Morgan fingerprint density at radius 1 is 0.878 bits per heavy atom. The van der Waals surface area contributed by atoms with Gasteiger partial charge in [0.2, 0.25) is 6.29 Å². The van der Waals surface area contributed by atoms with Crippen LogP contribution in [0.2, 0.25) is 0 Å². The van der Waals surface area contributed by atoms with E-state index in [-0.39, 0.29) is 29.2 Å². The topological polar surface area (TPSA) is 225 Å². The molecule has 14 nitrogen and oxygen atoms in total. The summed E-state index contributed by atoms with van der Waals surface area (Å²) in [6.07, 6.45) is -16.0. The van der Waals surface area contributed by atoms with E-state index in [0.717, 1.165) is 6.07 Å². The first-order valence-electron chi connectivity index (χ1n) is 13.0. The number of aliphatic hydroxyl groups is 6. The van der Waals surface area contributed by atoms with Gasteiger partial charge in [0, 0.05) is 12.1 Å². The Morgan fingerprint density at radius 2 is 1.59 bits per heavy atom. The highest BCUT2D eigenvalue weighted by atomic mass is 16.8. The Kier molecular flexibility index (Phi) is 8.39. The molecular weight excluding hydrogens is 548 g/mol. The average Bonchev–Trinajstić information content (AvgIpc) is 2.94. The molecule has 2 aromatic rings. The molecule has 5 rings (SSSR count). The van der Waals surface area contributed by atoms with Crippen LogP contribution in [0, 0.1) is 0 Å². The normalized spacial score (nSPS) is 37.2. The van der Waals surface area contributed by atoms with Crippen LogP contribution >= 0.6 is 0 Å². The lowest BCUT2D eigenvalue weighted by atomic mass is 9.95. The van der Waals surface area contributed by atoms with Crippen molar-refractivity contribution in [3.05, 3.63) is 47.5 Å². The first-order chi connectivity index (χ1) is 19.5. The molecule has 41 heavy (non-hydrogen) atoms. The fourth-order valence-corrected chi connectivity index (χ4v) is 5.07. The van der Waals surface area contributed by atoms with Gasteiger partial charge in [0.05, 0.1) is 19.1 Å². The number of carbonyl (C=O) groups is 1. The van der Waals surface area contributed by atoms with Crippen molar-refractivity contribution in [2.75, 3.05) is 6.61 Å². The molecule has 224 valence electrons. The smallest absolute Gasteiger partial charge is 0.229 e. The molecule has 0 amide bonds. The minimum Gasteiger partial charge on any atom is -0.508 e. The van der Waals surface area contributed by atoms with Crippen LogP contribution in [-0.2, 0) is 14.2 Å². The van der Waals surface area contributed by atoms with E-state index in [0.29, 0.717) is 5.56 Å². The van der Waals surface area contributed by atoms with E-state index < -0.39 is 85.7 Å². The third-order valence-electron chi connectivity index (χ3n) is 7.42. The third kappa shape index (κ3) is 5.70. The van der Waals surface area contributed by atoms with Gasteiger partial charge in [-0.2, -0.15) is 0 Å². The quantitative estimate of drug-likeness (QED) is 0.202. The van der Waals surface area contributed by atoms with Gasteiger partial charge in [0.25, 0.3) is 0 Å². The number of benzene rings is 2. The van der Waals surface area contributed by atoms with Gasteiger partial charge in [0.1, 0.15) is 71.3 Å². The predicted molar refractivity (Wildman–Crippen MR) is 134 cm³/mol. The van der Waals surface area contributed by atoms with Gasteiger partial charge < -0.3 is 64.5 Å². The molecule has 8 N–H and O–H groups in total. The SMILES string of the molecule is C[C@@H]1O[C@@H](OC2[C@H](Oc3cc(O)c4c(c3)OC(c3ccc(O)cc3)CC4=O)O[C@H](CO)[C@@H](O)[C@@H]2O)[C@H](O)[C@H](O)[C@H]1O. The highest BCUT2D eigenvalue weighted by Gasteiger charge is 2.51. The van der Waals surface area contributed by atoms with Crippen molar-refractivity contribution in [2.24, 2.45) is 0 Å². The second kappa shape index (κ2) is 11.7. The zero-order chi connectivity index (χ0) is 29.6. The summed E-state index contributed by atoms with van der Waals surface area (Å²) in [6.45, 7) is 0.716. The van der Waals surface area contributed by atoms with Crippen LogP contribution in [0.5, 0.6) is 23.0 Å². The average molecular weight is 581 g/mol. The molecule has 3 heterocycles. The molecule has 14 heteroatoms. The second-order valence-corrected chi connectivity index (χ2v) is 10.2. The highest BCUT2D eigenvalue weighted by Crippen LogP contribution is 2.43. The van der Waals surface area contributed by atoms with Crippen molar-refractivity contribution in [1.29, 1.82) is 0 Å². The maximum atomic E-state index is 12.9. The van der Waals surface area contributed by atoms with Crippen molar-refractivity contribution in [1.82, 2.24) is 0 Å². The summed E-state index contributed by atoms with van der Waals surface area (Å²) in [7, 11) is 0. The first kappa shape index (κ1) is 29.4. The van der Waals surface area contributed by atoms with E-state index in [1.165, 1.54) is 25.1 Å². The number of Topliss-reactive ketones (excluding diaryl/α,β-unsaturated/α-hetero) is 1. The molecule has 2 unspecified atom stereocenters. The number of carbonyl (C=O) groups excluding carboxylic acids is 1. The van der Waals surface area contributed by atoms with E-state index in [1.807, 2.05) is 0 Å². The van der Waals surface area contributed by atoms with E-state index in [9.17, 15) is 45.6 Å². The number of hydrogen-bond donors (Lipinski definition) is 8. The molecule has 3 aliphatic heterocycles. The van der Waals surface area contributed by atoms with E-state index in [2.05, 4.69) is 0 Å². The molecule has 0 spiro atoms. The monoisotopic (exact) mass is 580 g/mol. The third-order valence-corrected chi connectivity index (χ3v) is 7.42. The maximum absolute atomic E-state index is 12.9. The Labute approximate surface area is 233 Å². The molecule has 0 aliphatic carbocycles. The molecule has 3 aliphatic rings. The summed E-state index contributed by atoms with van der Waals surface area (Å²) in [4.78, 5) is 12.9. The number of phenols is 2. The molecule has 2 saturated heterocycles. The van der Waals surface area contributed by atoms with Crippen LogP contribution in [0.3, 0.4) is 0 Å². The minimum atomic E-state index is -1.75. The second-order valence-electron chi connectivity index (χ2n) is 10.2. The van der Waals surface area contributed by atoms with Crippen molar-refractivity contribution in [2.45, 2.75) is 80.9 Å². The lowest BCUT2D eigenvalue weighted by molar-refractivity contribution is -0.354. The Morgan fingerprint density at radius 3 is 2.27 bits per heavy atom. The molecule has 0 bridgehead atoms. The van der Waals surface area contributed by atoms with Crippen molar-refractivity contribution >= 4 is 5.78 Å². The Balaban J connectivity index is 1.41. The summed E-state index contributed by atoms with van der Waals surface area (Å²) < 4.78 is 28.6. The summed E-state index contributed by atoms with van der Waals surface area (Å²) in [5, 5.41) is 81.6. The van der Waals surface area contributed by atoms with Gasteiger partial charge in [-0.15, -0.1) is 0 Å². The maximum Gasteiger partial charge on any atom is 0.229 e. The Hall–Kier alpha value is -3.05. The summed E-state index contributed by atoms with van der Waals surface area (Å²) in [5.41, 5.74) is 0.529. The summed E-state index contributed by atoms with van der Waals surface area (Å²) in [5.74, 6) is -0.947. The summed E-state index contributed by atoms with van der Waals surface area (Å²) >= 11 is 0. The lowest BCUT2D eigenvalue weighted by Gasteiger charge is -2.45. The zero-order valence-electron chi connectivity index (χ0n) is 21.8. The number of ketones is 1. The van der Waals surface area contributed by atoms with Crippen LogP contribution in [0.1, 0.15) is 35.4 Å². The predicted octanol–water partition coefficient (Wildman–Crippen LogP) is -1.17. The fraction of sp³-hybridized carbons (Fsp3) is 0.519. The number of aromatic hydroxyl groups is 2. The molecular formula is C27H32O14. The van der Waals surface area contributed by atoms with Gasteiger partial charge >= 0.3 is 0 Å². The largest absolute Gasteiger partial charge is 0.508 e. The molecule has 2 fully saturated rings. The molecule has 0 saturated carbocycles. The van der Waals surface area contributed by atoms with Crippen LogP contribution < -0.4 is 9.47 Å². The molecule has 0 radical (unpaired) electrons. The van der Waals surface area contributed by atoms with Gasteiger partial charge in [0.15, 0.2) is 18.2 Å². The zero-order valence-corrected chi connectivity index (χ0v) is 21.8. The molecule has 0 aromatic heterocycles. The fourth-order valence-electron chi connectivity index (χ4n) is 5.07. The van der Waals surface area contributed by atoms with Crippen molar-refractivity contribution in [3.63, 3.8) is 0 Å². The van der Waals surface area contributed by atoms with Crippen LogP contribution in [-0.4, -0.2) is 115 Å². The first-order valence-corrected chi connectivity index (χ1v) is 13.0. The van der Waals surface area contributed by atoms with Crippen LogP contribution in [0.25, 0.3) is 0 Å². The number of ether oxygens (including phenoxy) is 5. The standard InChI is InChI=1S/C27H32O14/c1-10-20(32)22(34)24(36)26(37-10)41-25-23(35)21(33)18(9-28)40-27(25)38-13-6-14(30)19-15(31)8-16(39-17(19)7-13)11-2-4-12(29)5-3-11/h2-7,10,16,18,20-30,32-36H,8-9H2,1H3/t10-,16?,18+,20-,21+,22+,23-,24+,25?,26-,27+/m0/s1. The van der Waals surface area contributed by atoms with Gasteiger partial charge in [-0.05, 0) is 24.6 Å². The van der Waals surface area contributed by atoms with E-state index in [1.54, 1.807) is 12.1 Å². The van der Waals surface area contributed by atoms with E-state index >= 15 is 0 Å².